The average molecular weight is 314 g/mol. The van der Waals surface area contributed by atoms with Gasteiger partial charge in [-0.25, -0.2) is 0 Å². The highest BCUT2D eigenvalue weighted by Crippen LogP contribution is 2.18. The Bertz CT molecular complexity index is 244. The molecule has 19 heavy (non-hydrogen) atoms. The van der Waals surface area contributed by atoms with Crippen molar-refractivity contribution >= 4 is 30.7 Å². The molecule has 116 valence electrons. The number of nitrogens with zero attached hydrogens (tertiary/aromatic N) is 1. The third kappa shape index (κ3) is 7.35. The number of hydrogen-bond donors (Lipinski definition) is 2. The zero-order chi connectivity index (χ0) is 12.8. The Morgan fingerprint density at radius 2 is 1.74 bits per heavy atom. The van der Waals surface area contributed by atoms with Gasteiger partial charge in [0.05, 0.1) is 0 Å². The number of likely N-dealkylation sites (N-methyl/N-ethyl adjacent to an activating group) is 1. The van der Waals surface area contributed by atoms with Crippen molar-refractivity contribution in [2.45, 2.75) is 45.7 Å². The van der Waals surface area contributed by atoms with Gasteiger partial charge in [0, 0.05) is 24.5 Å². The Morgan fingerprint density at radius 3 is 2.16 bits per heavy atom. The molecule has 0 aromatic carbocycles. The second-order valence-electron chi connectivity index (χ2n) is 5.34. The van der Waals surface area contributed by atoms with Gasteiger partial charge in [-0.1, -0.05) is 0 Å². The number of amides is 1. The van der Waals surface area contributed by atoms with E-state index in [2.05, 4.69) is 36.3 Å². The zero-order valence-electron chi connectivity index (χ0n) is 12.4. The minimum absolute atomic E-state index is 0. The lowest BCUT2D eigenvalue weighted by molar-refractivity contribution is -0.126. The highest BCUT2D eigenvalue weighted by molar-refractivity contribution is 5.85. The molecule has 1 fully saturated rings. The second kappa shape index (κ2) is 10.7. The smallest absolute Gasteiger partial charge is 0.223 e. The molecule has 0 bridgehead atoms. The maximum Gasteiger partial charge on any atom is 0.223 e. The van der Waals surface area contributed by atoms with Crippen LogP contribution in [0, 0.1) is 5.92 Å². The number of carbonyl (C=O) groups excluding carboxylic acids is 1. The summed E-state index contributed by atoms with van der Waals surface area (Å²) in [5.74, 6) is 0.449. The molecule has 1 rings (SSSR count). The molecular formula is C13H29Cl2N3O. The van der Waals surface area contributed by atoms with Crippen LogP contribution in [-0.2, 0) is 4.79 Å². The first-order valence-corrected chi connectivity index (χ1v) is 6.73. The molecule has 0 radical (unpaired) electrons. The number of nitrogens with one attached hydrogen (secondary N) is 2. The molecular weight excluding hydrogens is 285 g/mol. The van der Waals surface area contributed by atoms with E-state index in [-0.39, 0.29) is 36.6 Å². The molecule has 1 amide bonds. The lowest BCUT2D eigenvalue weighted by atomic mass is 9.95. The van der Waals surface area contributed by atoms with Crippen LogP contribution in [0.4, 0.5) is 0 Å². The van der Waals surface area contributed by atoms with Crippen LogP contribution >= 0.6 is 24.8 Å². The standard InChI is InChI=1S/C13H27N3O.2ClH/c1-10(2)16-7-5-12(6-8-16)13(17)15-9-11(3)14-4;;/h10-12,14H,5-9H2,1-4H3,(H,15,17);2*1H. The Labute approximate surface area is 129 Å². The second-order valence-corrected chi connectivity index (χ2v) is 5.34. The van der Waals surface area contributed by atoms with E-state index in [0.717, 1.165) is 32.5 Å². The van der Waals surface area contributed by atoms with E-state index in [9.17, 15) is 4.79 Å². The number of rotatable bonds is 5. The number of likely N-dealkylation sites (tertiary alicyclic amines) is 1. The topological polar surface area (TPSA) is 44.4 Å². The minimum Gasteiger partial charge on any atom is -0.354 e. The van der Waals surface area contributed by atoms with Gasteiger partial charge in [-0.15, -0.1) is 24.8 Å². The number of piperidine rings is 1. The predicted octanol–water partition coefficient (Wildman–Crippen LogP) is 1.67. The zero-order valence-corrected chi connectivity index (χ0v) is 14.1. The SMILES string of the molecule is CNC(C)CNC(=O)C1CCN(C(C)C)CC1.Cl.Cl. The maximum atomic E-state index is 11.9. The first kappa shape index (κ1) is 21.3. The van der Waals surface area contributed by atoms with Gasteiger partial charge in [0.2, 0.25) is 5.91 Å². The van der Waals surface area contributed by atoms with E-state index in [0.29, 0.717) is 12.1 Å². The van der Waals surface area contributed by atoms with Gasteiger partial charge in [-0.2, -0.15) is 0 Å². The van der Waals surface area contributed by atoms with Crippen LogP contribution in [0.25, 0.3) is 0 Å². The number of halogens is 2. The van der Waals surface area contributed by atoms with Crippen LogP contribution in [-0.4, -0.2) is 49.6 Å². The highest BCUT2D eigenvalue weighted by atomic mass is 35.5. The van der Waals surface area contributed by atoms with Crippen molar-refractivity contribution in [1.29, 1.82) is 0 Å². The molecule has 0 aromatic rings. The summed E-state index contributed by atoms with van der Waals surface area (Å²) in [7, 11) is 1.91. The van der Waals surface area contributed by atoms with Gasteiger partial charge >= 0.3 is 0 Å². The molecule has 1 atom stereocenters. The summed E-state index contributed by atoms with van der Waals surface area (Å²) >= 11 is 0. The molecule has 0 spiro atoms. The Balaban J connectivity index is 0. The minimum atomic E-state index is 0. The summed E-state index contributed by atoms with van der Waals surface area (Å²) < 4.78 is 0. The van der Waals surface area contributed by atoms with Crippen LogP contribution in [0.2, 0.25) is 0 Å². The highest BCUT2D eigenvalue weighted by Gasteiger charge is 2.25. The van der Waals surface area contributed by atoms with Crippen molar-refractivity contribution in [2.24, 2.45) is 5.92 Å². The molecule has 1 aliphatic rings. The van der Waals surface area contributed by atoms with Crippen molar-refractivity contribution in [3.05, 3.63) is 0 Å². The summed E-state index contributed by atoms with van der Waals surface area (Å²) in [6.45, 7) is 9.33. The fourth-order valence-corrected chi connectivity index (χ4v) is 2.18. The van der Waals surface area contributed by atoms with Gasteiger partial charge in [-0.05, 0) is 53.8 Å². The van der Waals surface area contributed by atoms with Crippen LogP contribution < -0.4 is 10.6 Å². The predicted molar refractivity (Wildman–Crippen MR) is 85.5 cm³/mol. The molecule has 1 aliphatic heterocycles. The number of carbonyl (C=O) groups is 1. The van der Waals surface area contributed by atoms with Crippen molar-refractivity contribution in [1.82, 2.24) is 15.5 Å². The molecule has 1 saturated heterocycles. The monoisotopic (exact) mass is 313 g/mol. The maximum absolute atomic E-state index is 11.9. The van der Waals surface area contributed by atoms with Gasteiger partial charge < -0.3 is 15.5 Å². The molecule has 4 nitrogen and oxygen atoms in total. The first-order chi connectivity index (χ1) is 8.04. The molecule has 0 saturated carbocycles. The molecule has 0 aliphatic carbocycles. The van der Waals surface area contributed by atoms with E-state index in [1.807, 2.05) is 7.05 Å². The van der Waals surface area contributed by atoms with Crippen LogP contribution in [0.15, 0.2) is 0 Å². The van der Waals surface area contributed by atoms with Crippen molar-refractivity contribution < 1.29 is 4.79 Å². The normalized spacial score (nSPS) is 18.4. The summed E-state index contributed by atoms with van der Waals surface area (Å²) in [4.78, 5) is 14.4. The molecule has 1 unspecified atom stereocenters. The summed E-state index contributed by atoms with van der Waals surface area (Å²) in [6, 6.07) is 0.943. The fraction of sp³-hybridized carbons (Fsp3) is 0.923. The Kier molecular flexibility index (Phi) is 12.0. The van der Waals surface area contributed by atoms with E-state index < -0.39 is 0 Å². The van der Waals surface area contributed by atoms with E-state index >= 15 is 0 Å². The summed E-state index contributed by atoms with van der Waals surface area (Å²) in [5, 5.41) is 6.15. The van der Waals surface area contributed by atoms with Crippen LogP contribution in [0.1, 0.15) is 33.6 Å². The lowest BCUT2D eigenvalue weighted by Gasteiger charge is -2.34. The lowest BCUT2D eigenvalue weighted by Crippen LogP contribution is -2.45. The Morgan fingerprint density at radius 1 is 1.21 bits per heavy atom. The first-order valence-electron chi connectivity index (χ1n) is 6.73. The van der Waals surface area contributed by atoms with E-state index in [4.69, 9.17) is 0 Å². The van der Waals surface area contributed by atoms with Crippen molar-refractivity contribution in [3.63, 3.8) is 0 Å². The number of hydrogen-bond acceptors (Lipinski definition) is 3. The quantitative estimate of drug-likeness (QED) is 0.811. The average Bonchev–Trinajstić information content (AvgIpc) is 2.35. The summed E-state index contributed by atoms with van der Waals surface area (Å²) in [6.07, 6.45) is 2.00. The van der Waals surface area contributed by atoms with Gasteiger partial charge in [0.25, 0.3) is 0 Å². The molecule has 6 heteroatoms. The van der Waals surface area contributed by atoms with Crippen molar-refractivity contribution in [3.8, 4) is 0 Å². The van der Waals surface area contributed by atoms with Gasteiger partial charge in [0.1, 0.15) is 0 Å². The Hall–Kier alpha value is -0.0300. The van der Waals surface area contributed by atoms with Crippen LogP contribution in [0.3, 0.4) is 0 Å². The van der Waals surface area contributed by atoms with Crippen LogP contribution in [0.5, 0.6) is 0 Å². The molecule has 0 aromatic heterocycles. The summed E-state index contributed by atoms with van der Waals surface area (Å²) in [5.41, 5.74) is 0. The molecule has 1 heterocycles. The molecule has 2 N–H and O–H groups in total. The third-order valence-corrected chi connectivity index (χ3v) is 3.71. The van der Waals surface area contributed by atoms with E-state index in [1.165, 1.54) is 0 Å². The van der Waals surface area contributed by atoms with Crippen molar-refractivity contribution in [2.75, 3.05) is 26.7 Å². The van der Waals surface area contributed by atoms with E-state index in [1.54, 1.807) is 0 Å². The fourth-order valence-electron chi connectivity index (χ4n) is 2.18. The van der Waals surface area contributed by atoms with Gasteiger partial charge in [-0.3, -0.25) is 4.79 Å². The largest absolute Gasteiger partial charge is 0.354 e. The van der Waals surface area contributed by atoms with Gasteiger partial charge in [0.15, 0.2) is 0 Å². The third-order valence-electron chi connectivity index (χ3n) is 3.71.